The third-order valence-electron chi connectivity index (χ3n) is 5.56. The average molecular weight is 388 g/mol. The minimum atomic E-state index is -3.37. The molecule has 1 saturated heterocycles. The van der Waals surface area contributed by atoms with Crippen LogP contribution in [0.5, 0.6) is 0 Å². The number of aliphatic hydroxyl groups excluding tert-OH is 1. The molecule has 5 nitrogen and oxygen atoms in total. The summed E-state index contributed by atoms with van der Waals surface area (Å²) < 4.78 is 20.1. The van der Waals surface area contributed by atoms with Gasteiger partial charge in [-0.2, -0.15) is 0 Å². The highest BCUT2D eigenvalue weighted by Gasteiger charge is 2.59. The first-order valence-corrected chi connectivity index (χ1v) is 10.8. The molecule has 0 aromatic heterocycles. The second kappa shape index (κ2) is 7.23. The van der Waals surface area contributed by atoms with Gasteiger partial charge in [-0.15, -0.1) is 0 Å². The monoisotopic (exact) mass is 388 g/mol. The number of cyclic esters (lactones) is 1. The topological polar surface area (TPSA) is 83.8 Å². The van der Waals surface area contributed by atoms with Crippen LogP contribution < -0.4 is 10.6 Å². The van der Waals surface area contributed by atoms with Gasteiger partial charge >= 0.3 is 5.97 Å². The second-order valence-electron chi connectivity index (χ2n) is 7.37. The van der Waals surface area contributed by atoms with E-state index in [0.717, 1.165) is 0 Å². The maximum atomic E-state index is 14.6. The molecule has 6 heteroatoms. The third kappa shape index (κ3) is 3.25. The van der Waals surface area contributed by atoms with E-state index in [1.807, 2.05) is 12.1 Å². The maximum Gasteiger partial charge on any atom is 0.309 e. The number of hydrogen-bond donors (Lipinski definition) is 2. The minimum absolute atomic E-state index is 0.516. The van der Waals surface area contributed by atoms with Gasteiger partial charge in [-0.1, -0.05) is 67.6 Å². The van der Waals surface area contributed by atoms with Crippen LogP contribution in [0.25, 0.3) is 0 Å². The number of carbonyl (C=O) groups is 1. The van der Waals surface area contributed by atoms with Crippen molar-refractivity contribution in [1.29, 1.82) is 0 Å². The van der Waals surface area contributed by atoms with Crippen LogP contribution in [0.1, 0.15) is 20.8 Å². The number of hydrogen-bond acceptors (Lipinski definition) is 5. The SMILES string of the molecule is C[C@H](O)[C@@](C)(O)[C@H]1OC(=O)[C@H](C)[C@H]1P(=O)(c1ccccc1)c1ccccc1. The molecule has 0 spiro atoms. The summed E-state index contributed by atoms with van der Waals surface area (Å²) in [5.74, 6) is -1.20. The summed E-state index contributed by atoms with van der Waals surface area (Å²) in [4.78, 5) is 12.4. The van der Waals surface area contributed by atoms with E-state index in [1.165, 1.54) is 13.8 Å². The molecular weight excluding hydrogens is 363 g/mol. The number of esters is 1. The number of ether oxygens (including phenoxy) is 1. The fraction of sp³-hybridized carbons (Fsp3) is 0.381. The molecule has 5 atom stereocenters. The summed E-state index contributed by atoms with van der Waals surface area (Å²) in [6.07, 6.45) is -2.26. The Hall–Kier alpha value is -1.94. The summed E-state index contributed by atoms with van der Waals surface area (Å²) in [5, 5.41) is 22.2. The van der Waals surface area contributed by atoms with Crippen molar-refractivity contribution >= 4 is 23.7 Å². The lowest BCUT2D eigenvalue weighted by molar-refractivity contribution is -0.163. The summed E-state index contributed by atoms with van der Waals surface area (Å²) in [5.41, 5.74) is -2.52. The van der Waals surface area contributed by atoms with E-state index in [1.54, 1.807) is 55.5 Å². The van der Waals surface area contributed by atoms with Gasteiger partial charge in [0.05, 0.1) is 17.7 Å². The van der Waals surface area contributed by atoms with Gasteiger partial charge in [0.2, 0.25) is 0 Å². The van der Waals surface area contributed by atoms with Crippen molar-refractivity contribution < 1.29 is 24.3 Å². The Balaban J connectivity index is 2.25. The largest absolute Gasteiger partial charge is 0.458 e. The molecule has 0 bridgehead atoms. The highest BCUT2D eigenvalue weighted by molar-refractivity contribution is 7.79. The lowest BCUT2D eigenvalue weighted by Crippen LogP contribution is -2.54. The van der Waals surface area contributed by atoms with Gasteiger partial charge in [0.15, 0.2) is 7.14 Å². The van der Waals surface area contributed by atoms with Crippen LogP contribution in [0.15, 0.2) is 60.7 Å². The predicted octanol–water partition coefficient (Wildman–Crippen LogP) is 2.06. The minimum Gasteiger partial charge on any atom is -0.458 e. The van der Waals surface area contributed by atoms with E-state index < -0.39 is 42.5 Å². The van der Waals surface area contributed by atoms with E-state index in [2.05, 4.69) is 0 Å². The molecule has 0 radical (unpaired) electrons. The lowest BCUT2D eigenvalue weighted by Gasteiger charge is -2.38. The number of benzene rings is 2. The van der Waals surface area contributed by atoms with Crippen molar-refractivity contribution in [3.63, 3.8) is 0 Å². The third-order valence-corrected chi connectivity index (χ3v) is 9.25. The van der Waals surface area contributed by atoms with Crippen LogP contribution in [0.3, 0.4) is 0 Å². The molecule has 27 heavy (non-hydrogen) atoms. The Labute approximate surface area is 159 Å². The highest BCUT2D eigenvalue weighted by atomic mass is 31.2. The standard InChI is InChI=1S/C21H25O5P/c1-14-18(19(26-20(14)23)21(3,24)15(2)22)27(25,16-10-6-4-7-11-16)17-12-8-5-9-13-17/h4-15,18-19,22,24H,1-3H3/t14-,15+,18-,19+,21-/m1/s1. The zero-order valence-electron chi connectivity index (χ0n) is 15.6. The Bertz CT molecular complexity index is 804. The summed E-state index contributed by atoms with van der Waals surface area (Å²) in [6, 6.07) is 18.0. The Kier molecular flexibility index (Phi) is 5.31. The Morgan fingerprint density at radius 3 is 1.89 bits per heavy atom. The first-order valence-electron chi connectivity index (χ1n) is 9.02. The number of aliphatic hydroxyl groups is 2. The molecule has 1 heterocycles. The van der Waals surface area contributed by atoms with Crippen LogP contribution in [0, 0.1) is 5.92 Å². The molecule has 0 amide bonds. The van der Waals surface area contributed by atoms with Gasteiger partial charge in [-0.25, -0.2) is 0 Å². The van der Waals surface area contributed by atoms with Crippen molar-refractivity contribution in [2.24, 2.45) is 5.92 Å². The van der Waals surface area contributed by atoms with E-state index in [4.69, 9.17) is 4.74 Å². The fourth-order valence-corrected chi connectivity index (χ4v) is 7.42. The molecule has 1 fully saturated rings. The van der Waals surface area contributed by atoms with Crippen LogP contribution in [0.4, 0.5) is 0 Å². The Morgan fingerprint density at radius 1 is 1.04 bits per heavy atom. The van der Waals surface area contributed by atoms with Gasteiger partial charge in [-0.05, 0) is 13.8 Å². The second-order valence-corrected chi connectivity index (χ2v) is 10.3. The van der Waals surface area contributed by atoms with E-state index in [0.29, 0.717) is 10.6 Å². The molecule has 3 rings (SSSR count). The molecule has 0 unspecified atom stereocenters. The molecule has 1 aliphatic heterocycles. The van der Waals surface area contributed by atoms with Gasteiger partial charge in [0.25, 0.3) is 0 Å². The van der Waals surface area contributed by atoms with E-state index in [9.17, 15) is 19.6 Å². The summed E-state index contributed by atoms with van der Waals surface area (Å²) in [6.45, 7) is 4.52. The number of carbonyl (C=O) groups excluding carboxylic acids is 1. The quantitative estimate of drug-likeness (QED) is 0.605. The molecule has 2 N–H and O–H groups in total. The lowest BCUT2D eigenvalue weighted by atomic mass is 9.89. The molecule has 1 aliphatic rings. The molecular formula is C21H25O5P. The summed E-state index contributed by atoms with van der Waals surface area (Å²) >= 11 is 0. The van der Waals surface area contributed by atoms with Crippen LogP contribution in [0.2, 0.25) is 0 Å². The summed E-state index contributed by atoms with van der Waals surface area (Å²) in [7, 11) is -3.37. The van der Waals surface area contributed by atoms with Crippen LogP contribution in [-0.2, 0) is 14.1 Å². The van der Waals surface area contributed by atoms with Crippen molar-refractivity contribution in [2.45, 2.75) is 44.2 Å². The van der Waals surface area contributed by atoms with Gasteiger partial charge < -0.3 is 19.5 Å². The smallest absolute Gasteiger partial charge is 0.309 e. The fourth-order valence-electron chi connectivity index (χ4n) is 3.70. The van der Waals surface area contributed by atoms with Crippen molar-refractivity contribution in [3.8, 4) is 0 Å². The average Bonchev–Trinajstić information content (AvgIpc) is 2.98. The zero-order chi connectivity index (χ0) is 19.8. The van der Waals surface area contributed by atoms with Crippen LogP contribution in [-0.4, -0.2) is 39.7 Å². The molecule has 144 valence electrons. The first-order chi connectivity index (χ1) is 12.7. The highest BCUT2D eigenvalue weighted by Crippen LogP contribution is 2.57. The van der Waals surface area contributed by atoms with Gasteiger partial charge in [-0.3, -0.25) is 4.79 Å². The number of rotatable bonds is 5. The van der Waals surface area contributed by atoms with E-state index >= 15 is 0 Å². The van der Waals surface area contributed by atoms with Crippen LogP contribution >= 0.6 is 7.14 Å². The maximum absolute atomic E-state index is 14.6. The zero-order valence-corrected chi connectivity index (χ0v) is 16.5. The predicted molar refractivity (Wildman–Crippen MR) is 105 cm³/mol. The molecule has 2 aromatic rings. The normalized spacial score (nSPS) is 26.3. The Morgan fingerprint density at radius 2 is 1.48 bits per heavy atom. The first kappa shape index (κ1) is 19.8. The molecule has 2 aromatic carbocycles. The van der Waals surface area contributed by atoms with E-state index in [-0.39, 0.29) is 0 Å². The van der Waals surface area contributed by atoms with Gasteiger partial charge in [0, 0.05) is 10.6 Å². The molecule has 0 aliphatic carbocycles. The van der Waals surface area contributed by atoms with Gasteiger partial charge in [0.1, 0.15) is 11.7 Å². The van der Waals surface area contributed by atoms with Crippen molar-refractivity contribution in [2.75, 3.05) is 0 Å². The van der Waals surface area contributed by atoms with Crippen molar-refractivity contribution in [3.05, 3.63) is 60.7 Å². The van der Waals surface area contributed by atoms with Crippen molar-refractivity contribution in [1.82, 2.24) is 0 Å². The molecule has 0 saturated carbocycles.